The largest absolute Gasteiger partial charge is 0.508 e. The highest BCUT2D eigenvalue weighted by molar-refractivity contribution is 6.32. The van der Waals surface area contributed by atoms with Crippen LogP contribution in [-0.2, 0) is 68.5 Å². The number of carboxylic acid groups (broad SMARTS) is 1. The summed E-state index contributed by atoms with van der Waals surface area (Å²) in [7, 11) is 0. The van der Waals surface area contributed by atoms with Crippen molar-refractivity contribution < 1.29 is 162 Å². The Balaban J connectivity index is 1.04. The Labute approximate surface area is 759 Å². The van der Waals surface area contributed by atoms with E-state index in [1.807, 2.05) is 0 Å². The second kappa shape index (κ2) is 41.0. The highest BCUT2D eigenvalue weighted by Gasteiger charge is 2.52. The van der Waals surface area contributed by atoms with Gasteiger partial charge < -0.3 is 167 Å². The van der Waals surface area contributed by atoms with Crippen LogP contribution < -0.4 is 72.0 Å². The molecule has 9 heterocycles. The number of carbonyl (C=O) groups excluding carboxylic acids is 8. The zero-order valence-electron chi connectivity index (χ0n) is 70.1. The van der Waals surface area contributed by atoms with Crippen LogP contribution in [0.25, 0.3) is 11.1 Å². The lowest BCUT2D eigenvalue weighted by Crippen LogP contribution is -2.65. The molecular formula is C88H97Cl2N9O33. The molecule has 0 radical (unpaired) electrons. The number of ether oxygens (including phenoxy) is 9. The number of rotatable bonds is 20. The van der Waals surface area contributed by atoms with Gasteiger partial charge in [0.25, 0.3) is 0 Å². The molecule has 7 aromatic carbocycles. The first kappa shape index (κ1) is 96.0. The minimum absolute atomic E-state index is 0.0272. The number of aliphatic carboxylic acids is 1. The summed E-state index contributed by atoms with van der Waals surface area (Å²) in [6.45, 7) is -0.110. The minimum Gasteiger partial charge on any atom is -0.508 e. The number of halogens is 2. The maximum absolute atomic E-state index is 17.0. The third kappa shape index (κ3) is 20.7. The monoisotopic (exact) mass is 1880 g/mol. The number of phenols is 4. The molecule has 0 aromatic heterocycles. The summed E-state index contributed by atoms with van der Waals surface area (Å²) < 4.78 is 57.5. The fourth-order valence-electron chi connectivity index (χ4n) is 16.5. The van der Waals surface area contributed by atoms with E-state index in [-0.39, 0.29) is 39.8 Å². The van der Waals surface area contributed by atoms with E-state index in [0.717, 1.165) is 124 Å². The lowest BCUT2D eigenvalue weighted by molar-refractivity contribution is -0.284. The summed E-state index contributed by atoms with van der Waals surface area (Å²) in [5.41, 5.74) is 2.79. The zero-order chi connectivity index (χ0) is 94.7. The van der Waals surface area contributed by atoms with Gasteiger partial charge >= 0.3 is 5.97 Å². The average Bonchev–Trinajstić information content (AvgIpc) is 0.757. The summed E-state index contributed by atoms with van der Waals surface area (Å²) in [5, 5.41) is 190. The number of carboxylic acids is 1. The molecular weight excluding hydrogens is 1780 g/mol. The maximum Gasteiger partial charge on any atom is 0.330 e. The number of phenolic OH excluding ortho intramolecular Hbond substituents is 4. The number of aliphatic hydroxyl groups excluding tert-OH is 10. The van der Waals surface area contributed by atoms with E-state index in [2.05, 4.69) is 49.5 Å². The molecule has 9 aliphatic heterocycles. The molecule has 1 unspecified atom stereocenters. The highest BCUT2D eigenvalue weighted by atomic mass is 35.5. The standard InChI is InChI=1S/C88H97Cl2N9O33/c1-3-4-5-6-7-8-9-10-60(108)94-68-74(113)71(110)58(32-101)129-87(68)132-78-55-26-40-27-56(78)126-52-18-14-38(24-47(52)90)77(131-86-67(92-34(2)103)73(112)70(109)57(31-100)128-86)69-84(121)98-66(85(122)123)45-29-42(105)30-54(127-88-76(115)75(114)72(111)59(33-102)130-88)61(45)44-23-37(13-15-49(44)106)63(81(118)99-69)96-83(120)65(40)97-82(119)64-39-21-41(104)28-43(22-39)124-53-25-36(12-16-50(53)107)62(91)80(117)93-48(79(116)95-64)20-35-11-17-51(125-55)46(89)19-35/h11-19,21-30,48,57-59,62-77,86-88,100-102,104-107,109-115H,3-10,20,31-33,91H2,1-2H3,(H,92,103)(H,93,117)(H,94,108)(H,95,116)(H,96,120)(H,97,119)(H,98,121)(H,99,118)(H,122,123)/t48-,57-,58-,59-,62-,63-,64+,65?,66-,67-,68-,69+,70-,71-,72-,73-,74-,75+,76+,77-,86+,87+,88+/m1/s1. The van der Waals surface area contributed by atoms with E-state index >= 15 is 24.0 Å². The number of benzene rings is 7. The molecule has 3 fully saturated rings. The highest BCUT2D eigenvalue weighted by Crippen LogP contribution is 2.51. The third-order valence-electron chi connectivity index (χ3n) is 23.5. The summed E-state index contributed by atoms with van der Waals surface area (Å²) in [4.78, 5) is 138. The number of amides is 8. The molecule has 17 bridgehead atoms. The first-order valence-corrected chi connectivity index (χ1v) is 42.9. The van der Waals surface area contributed by atoms with Crippen molar-refractivity contribution in [1.82, 2.24) is 42.5 Å². The van der Waals surface area contributed by atoms with Crippen molar-refractivity contribution in [3.63, 3.8) is 0 Å². The molecule has 23 atom stereocenters. The van der Waals surface area contributed by atoms with Gasteiger partial charge in [0.15, 0.2) is 35.3 Å². The lowest BCUT2D eigenvalue weighted by Gasteiger charge is -2.44. The number of aliphatic hydroxyl groups is 10. The lowest BCUT2D eigenvalue weighted by atomic mass is 9.89. The van der Waals surface area contributed by atoms with Crippen LogP contribution in [0.2, 0.25) is 10.0 Å². The van der Waals surface area contributed by atoms with Crippen LogP contribution >= 0.6 is 23.2 Å². The van der Waals surface area contributed by atoms with Crippen LogP contribution in [0, 0.1) is 0 Å². The fourth-order valence-corrected chi connectivity index (χ4v) is 17.0. The van der Waals surface area contributed by atoms with E-state index in [9.17, 15) is 95.8 Å². The molecule has 8 amide bonds. The van der Waals surface area contributed by atoms with Gasteiger partial charge in [-0.15, -0.1) is 0 Å². The van der Waals surface area contributed by atoms with Crippen LogP contribution in [0.15, 0.2) is 115 Å². The van der Waals surface area contributed by atoms with Crippen LogP contribution in [0.5, 0.6) is 69.0 Å². The smallest absolute Gasteiger partial charge is 0.330 e. The molecule has 0 saturated carbocycles. The molecule has 7 aromatic rings. The molecule has 706 valence electrons. The van der Waals surface area contributed by atoms with E-state index in [0.29, 0.717) is 12.8 Å². The molecule has 132 heavy (non-hydrogen) atoms. The Hall–Kier alpha value is -12.1. The number of unbranched alkanes of at least 4 members (excludes halogenated alkanes) is 6. The van der Waals surface area contributed by atoms with E-state index in [1.54, 1.807) is 0 Å². The van der Waals surface area contributed by atoms with Crippen LogP contribution in [-0.4, -0.2) is 254 Å². The van der Waals surface area contributed by atoms with Gasteiger partial charge in [0.2, 0.25) is 65.6 Å². The van der Waals surface area contributed by atoms with Crippen LogP contribution in [0.4, 0.5) is 0 Å². The quantitative estimate of drug-likeness (QED) is 0.0476. The van der Waals surface area contributed by atoms with Crippen molar-refractivity contribution in [1.29, 1.82) is 0 Å². The van der Waals surface area contributed by atoms with E-state index in [1.165, 1.54) is 30.3 Å². The molecule has 42 nitrogen and oxygen atoms in total. The number of hydrogen-bond donors (Lipinski definition) is 24. The number of carbonyl (C=O) groups is 9. The Bertz CT molecular complexity index is 5540. The first-order valence-electron chi connectivity index (χ1n) is 42.1. The van der Waals surface area contributed by atoms with Gasteiger partial charge in [-0.25, -0.2) is 4.79 Å². The first-order chi connectivity index (χ1) is 63.0. The predicted molar refractivity (Wildman–Crippen MR) is 453 cm³/mol. The zero-order valence-corrected chi connectivity index (χ0v) is 71.6. The van der Waals surface area contributed by atoms with E-state index < -0.39 is 316 Å². The van der Waals surface area contributed by atoms with Gasteiger partial charge in [-0.3, -0.25) is 38.4 Å². The molecule has 25 N–H and O–H groups in total. The molecule has 9 aliphatic rings. The van der Waals surface area contributed by atoms with Crippen molar-refractivity contribution >= 4 is 76.4 Å². The Morgan fingerprint density at radius 1 is 0.485 bits per heavy atom. The van der Waals surface area contributed by atoms with Gasteiger partial charge in [0.05, 0.1) is 29.9 Å². The normalized spacial score (nSPS) is 28.9. The maximum atomic E-state index is 17.0. The van der Waals surface area contributed by atoms with Crippen LogP contribution in [0.3, 0.4) is 0 Å². The predicted octanol–water partition coefficient (Wildman–Crippen LogP) is 1.16. The van der Waals surface area contributed by atoms with Gasteiger partial charge in [-0.05, 0) is 119 Å². The number of fused-ring (bicyclic) bond motifs is 14. The van der Waals surface area contributed by atoms with Crippen molar-refractivity contribution in [2.75, 3.05) is 19.8 Å². The minimum atomic E-state index is -2.59. The summed E-state index contributed by atoms with van der Waals surface area (Å²) in [5.74, 6) is -19.5. The van der Waals surface area contributed by atoms with Crippen molar-refractivity contribution in [2.24, 2.45) is 5.73 Å². The SMILES string of the molecule is CCCCCCCCCC(=O)N[C@H]1[C@H](Oc2c3cc4cc2Oc2ccc(cc2Cl)[C@@H](O[C@@H]2O[C@H](CO)[C@@H](O)[C@H](O)[C@H]2NC(C)=O)[C@@H]2NC(=O)[C@H](NC(=O)C4NC(=O)[C@H]4NC(=O)[C@@H](Cc5ccc(c(Cl)c5)O3)NC(=O)[C@H](N)c3ccc(O)c(c3)Oc3cc(O)cc4c3)c3ccc(O)c(c3)-c3c(O[C@H]4O[C@H](CO)[C@@H](O)[C@H](O)[C@@H]4O)cc(O)cc3[C@H](C(=O)O)NC2=O)O[C@H](CO)[C@@H](O)[C@@H]1O. The molecule has 16 rings (SSSR count). The van der Waals surface area contributed by atoms with Gasteiger partial charge in [-0.1, -0.05) is 92.9 Å². The number of nitrogens with two attached hydrogens (primary N) is 1. The van der Waals surface area contributed by atoms with Crippen LogP contribution in [0.1, 0.15) is 140 Å². The van der Waals surface area contributed by atoms with Crippen molar-refractivity contribution in [3.8, 4) is 80.1 Å². The van der Waals surface area contributed by atoms with Crippen molar-refractivity contribution in [2.45, 2.75) is 212 Å². The molecule has 44 heteroatoms. The third-order valence-corrected chi connectivity index (χ3v) is 24.0. The number of aromatic hydroxyl groups is 4. The summed E-state index contributed by atoms with van der Waals surface area (Å²) >= 11 is 14.7. The molecule has 0 aliphatic carbocycles. The van der Waals surface area contributed by atoms with Gasteiger partial charge in [-0.2, -0.15) is 0 Å². The summed E-state index contributed by atoms with van der Waals surface area (Å²) in [6, 6.07) is 0.681. The van der Waals surface area contributed by atoms with Crippen molar-refractivity contribution in [3.05, 3.63) is 164 Å². The topological polar surface area (TPSA) is 662 Å². The Kier molecular flexibility index (Phi) is 29.8. The van der Waals surface area contributed by atoms with Gasteiger partial charge in [0.1, 0.15) is 156 Å². The molecule has 3 saturated heterocycles. The summed E-state index contributed by atoms with van der Waals surface area (Å²) in [6.07, 6.45) is -23.8. The Morgan fingerprint density at radius 3 is 1.66 bits per heavy atom. The molecule has 0 spiro atoms. The number of hydrogen-bond acceptors (Lipinski definition) is 33. The second-order valence-electron chi connectivity index (χ2n) is 32.7. The van der Waals surface area contributed by atoms with E-state index in [4.69, 9.17) is 71.6 Å². The Morgan fingerprint density at radius 2 is 1.03 bits per heavy atom. The average molecular weight is 1880 g/mol. The number of nitrogens with one attached hydrogen (secondary N) is 8. The van der Waals surface area contributed by atoms with Gasteiger partial charge in [0, 0.05) is 48.6 Å². The fraction of sp³-hybridized carbons (Fsp3) is 0.420. The second-order valence-corrected chi connectivity index (χ2v) is 33.5.